The van der Waals surface area contributed by atoms with Crippen LogP contribution in [0.2, 0.25) is 0 Å². The van der Waals surface area contributed by atoms with Gasteiger partial charge in [-0.2, -0.15) is 0 Å². The minimum atomic E-state index is 0. The van der Waals surface area contributed by atoms with Crippen molar-refractivity contribution in [3.05, 3.63) is 94.0 Å². The Labute approximate surface area is 364 Å². The quantitative estimate of drug-likeness (QED) is 0.0420. The first kappa shape index (κ1) is 50.7. The molecule has 0 aliphatic heterocycles. The molecule has 0 heterocycles. The molecular formula is C53H78N2NiO2. The van der Waals surface area contributed by atoms with Gasteiger partial charge in [0.2, 0.25) is 0 Å². The fraction of sp³-hybridized carbons (Fsp3) is 0.547. The molecule has 5 heteroatoms. The van der Waals surface area contributed by atoms with Gasteiger partial charge in [-0.3, -0.25) is 9.98 Å². The van der Waals surface area contributed by atoms with Gasteiger partial charge in [0, 0.05) is 16.5 Å². The average molecular weight is 834 g/mol. The fourth-order valence-corrected chi connectivity index (χ4v) is 7.86. The molecule has 0 aliphatic carbocycles. The maximum atomic E-state index is 10.1. The second kappa shape index (κ2) is 28.9. The van der Waals surface area contributed by atoms with Crippen LogP contribution in [0.4, 0.5) is 11.4 Å². The average Bonchev–Trinajstić information content (AvgIpc) is 3.22. The van der Waals surface area contributed by atoms with Gasteiger partial charge >= 0.3 is 0 Å². The second-order valence-corrected chi connectivity index (χ2v) is 15.9. The molecule has 0 spiro atoms. The molecule has 0 aliphatic rings. The van der Waals surface area contributed by atoms with Gasteiger partial charge in [0.05, 0.1) is 28.2 Å². The first-order valence-corrected chi connectivity index (χ1v) is 23.1. The molecule has 0 unspecified atom stereocenters. The van der Waals surface area contributed by atoms with E-state index in [1.54, 1.807) is 12.1 Å². The summed E-state index contributed by atoms with van der Waals surface area (Å²) in [6, 6.07) is 21.3. The van der Waals surface area contributed by atoms with Crippen LogP contribution in [-0.2, 0) is 55.0 Å². The molecule has 0 bridgehead atoms. The van der Waals surface area contributed by atoms with Gasteiger partial charge in [-0.05, 0) is 146 Å². The normalized spacial score (nSPS) is 11.7. The van der Waals surface area contributed by atoms with Crippen LogP contribution in [0, 0.1) is 0 Å². The van der Waals surface area contributed by atoms with Crippen molar-refractivity contribution in [2.75, 3.05) is 0 Å². The number of phenols is 2. The second-order valence-electron chi connectivity index (χ2n) is 15.9. The third-order valence-corrected chi connectivity index (χ3v) is 11.4. The topological polar surface area (TPSA) is 65.2 Å². The zero-order valence-electron chi connectivity index (χ0n) is 37.7. The number of phenolic OH excluding ortho intramolecular Hbond substituents is 2. The molecule has 0 fully saturated rings. The van der Waals surface area contributed by atoms with E-state index in [1.165, 1.54) is 111 Å². The first-order valence-electron chi connectivity index (χ1n) is 23.1. The molecule has 322 valence electrons. The number of hydrogen-bond donors (Lipinski definition) is 2. The van der Waals surface area contributed by atoms with Gasteiger partial charge < -0.3 is 10.2 Å². The molecule has 4 nitrogen and oxygen atoms in total. The molecule has 0 atom stereocenters. The summed E-state index contributed by atoms with van der Waals surface area (Å²) in [4.78, 5) is 10.6. The van der Waals surface area contributed by atoms with Crippen molar-refractivity contribution >= 4 is 33.6 Å². The standard InChI is InChI=1S/C35H54N2.C18H24O2.Ni/c1-7-13-15-16-17-19-21-35(37-33-25-23-29(10-4)31(12-6)27-33)34(20-18-14-8-2)36-32-24-22-28(9-3)30(11-5)26-32;1-3-5-6-7-8-14-10-15-9-13(4-2)11-16(19)18(15)17(20)12-14;/h22-27H,7-21H2,1-6H3;9-12,19-20H,3-8H2,1-2H3;. The van der Waals surface area contributed by atoms with Crippen molar-refractivity contribution in [1.82, 2.24) is 0 Å². The predicted octanol–water partition coefficient (Wildman–Crippen LogP) is 16.0. The van der Waals surface area contributed by atoms with Crippen molar-refractivity contribution < 1.29 is 26.7 Å². The summed E-state index contributed by atoms with van der Waals surface area (Å²) in [5.41, 5.74) is 12.6. The van der Waals surface area contributed by atoms with Gasteiger partial charge in [0.15, 0.2) is 0 Å². The number of fused-ring (bicyclic) bond motifs is 1. The number of aromatic hydroxyl groups is 2. The largest absolute Gasteiger partial charge is 0.507 e. The SMILES string of the molecule is CCCCCCCCC(=Nc1ccc(CC)c(CC)c1)C(CCCCC)=Nc1ccc(CC)c(CC)c1.CCCCCCc1cc(O)c2c(O)cc(CC)cc2c1.[Ni]. The van der Waals surface area contributed by atoms with Crippen molar-refractivity contribution in [3.8, 4) is 11.5 Å². The number of aliphatic imine (C=N–C) groups is 2. The monoisotopic (exact) mass is 833 g/mol. The van der Waals surface area contributed by atoms with E-state index in [0.717, 1.165) is 85.7 Å². The smallest absolute Gasteiger partial charge is 0.127 e. The minimum Gasteiger partial charge on any atom is -0.507 e. The molecule has 4 rings (SSSR count). The third-order valence-electron chi connectivity index (χ3n) is 11.4. The minimum absolute atomic E-state index is 0. The number of unbranched alkanes of at least 4 members (excludes halogenated alkanes) is 10. The molecule has 4 aromatic rings. The summed E-state index contributed by atoms with van der Waals surface area (Å²) >= 11 is 0. The van der Waals surface area contributed by atoms with E-state index >= 15 is 0 Å². The van der Waals surface area contributed by atoms with Crippen molar-refractivity contribution in [1.29, 1.82) is 0 Å². The molecule has 0 aromatic heterocycles. The maximum Gasteiger partial charge on any atom is 0.127 e. The first-order chi connectivity index (χ1) is 27.7. The van der Waals surface area contributed by atoms with Crippen LogP contribution in [-0.4, -0.2) is 21.6 Å². The Balaban J connectivity index is 0.000000465. The van der Waals surface area contributed by atoms with Gasteiger partial charge in [-0.15, -0.1) is 0 Å². The van der Waals surface area contributed by atoms with Crippen molar-refractivity contribution in [2.24, 2.45) is 9.98 Å². The maximum absolute atomic E-state index is 10.1. The summed E-state index contributed by atoms with van der Waals surface area (Å²) in [7, 11) is 0. The van der Waals surface area contributed by atoms with Crippen molar-refractivity contribution in [2.45, 2.75) is 190 Å². The third kappa shape index (κ3) is 16.7. The Hall–Kier alpha value is -3.43. The summed E-state index contributed by atoms with van der Waals surface area (Å²) in [5.74, 6) is 0.363. The van der Waals surface area contributed by atoms with Gasteiger partial charge in [0.1, 0.15) is 11.5 Å². The van der Waals surface area contributed by atoms with Crippen LogP contribution in [0.1, 0.15) is 185 Å². The van der Waals surface area contributed by atoms with E-state index in [2.05, 4.69) is 104 Å². The van der Waals surface area contributed by atoms with Crippen LogP contribution in [0.3, 0.4) is 0 Å². The van der Waals surface area contributed by atoms with Crippen LogP contribution in [0.5, 0.6) is 11.5 Å². The number of nitrogens with zero attached hydrogens (tertiary/aromatic N) is 2. The van der Waals surface area contributed by atoms with Gasteiger partial charge in [-0.1, -0.05) is 144 Å². The van der Waals surface area contributed by atoms with Crippen LogP contribution in [0.15, 0.2) is 70.6 Å². The van der Waals surface area contributed by atoms with Crippen molar-refractivity contribution in [3.63, 3.8) is 0 Å². The Morgan fingerprint density at radius 1 is 0.431 bits per heavy atom. The fourth-order valence-electron chi connectivity index (χ4n) is 7.86. The van der Waals surface area contributed by atoms with E-state index in [4.69, 9.17) is 9.98 Å². The summed E-state index contributed by atoms with van der Waals surface area (Å²) in [5, 5.41) is 21.7. The molecular weight excluding hydrogens is 755 g/mol. The molecule has 0 radical (unpaired) electrons. The molecule has 0 amide bonds. The van der Waals surface area contributed by atoms with Crippen LogP contribution in [0.25, 0.3) is 10.8 Å². The summed E-state index contributed by atoms with van der Waals surface area (Å²) in [6.07, 6.45) is 24.5. The molecule has 0 saturated heterocycles. The molecule has 4 aromatic carbocycles. The van der Waals surface area contributed by atoms with E-state index in [1.807, 2.05) is 0 Å². The van der Waals surface area contributed by atoms with E-state index in [-0.39, 0.29) is 28.0 Å². The van der Waals surface area contributed by atoms with E-state index in [9.17, 15) is 10.2 Å². The van der Waals surface area contributed by atoms with E-state index < -0.39 is 0 Å². The van der Waals surface area contributed by atoms with Crippen LogP contribution < -0.4 is 0 Å². The van der Waals surface area contributed by atoms with Gasteiger partial charge in [0.25, 0.3) is 0 Å². The zero-order chi connectivity index (χ0) is 41.4. The number of rotatable bonds is 24. The Bertz CT molecular complexity index is 1840. The molecule has 2 N–H and O–H groups in total. The van der Waals surface area contributed by atoms with Gasteiger partial charge in [-0.25, -0.2) is 0 Å². The summed E-state index contributed by atoms with van der Waals surface area (Å²) < 4.78 is 0. The molecule has 58 heavy (non-hydrogen) atoms. The Kier molecular flexibility index (Phi) is 25.3. The van der Waals surface area contributed by atoms with E-state index in [0.29, 0.717) is 5.39 Å². The Morgan fingerprint density at radius 2 is 0.845 bits per heavy atom. The van der Waals surface area contributed by atoms with Crippen LogP contribution >= 0.6 is 0 Å². The predicted molar refractivity (Wildman–Crippen MR) is 251 cm³/mol. The molecule has 0 saturated carbocycles. The number of hydrogen-bond acceptors (Lipinski definition) is 4. The number of aryl methyl sites for hydroxylation is 6. The Morgan fingerprint density at radius 3 is 1.33 bits per heavy atom. The number of benzene rings is 4. The summed E-state index contributed by atoms with van der Waals surface area (Å²) in [6.45, 7) is 17.8. The zero-order valence-corrected chi connectivity index (χ0v) is 38.7.